The summed E-state index contributed by atoms with van der Waals surface area (Å²) in [7, 11) is -2.02. The van der Waals surface area contributed by atoms with Crippen LogP contribution < -0.4 is 4.72 Å². The smallest absolute Gasteiger partial charge is 0.236 e. The number of sulfonamides is 1. The van der Waals surface area contributed by atoms with Crippen LogP contribution in [0.2, 0.25) is 5.02 Å². The molecule has 1 atom stereocenters. The SMILES string of the molecule is COC(C)CS(=O)(=O)Nc1[nH]ncc1Cl. The van der Waals surface area contributed by atoms with Gasteiger partial charge in [-0.1, -0.05) is 11.6 Å². The summed E-state index contributed by atoms with van der Waals surface area (Å²) in [6.45, 7) is 1.66. The number of hydrogen-bond donors (Lipinski definition) is 2. The first-order valence-corrected chi connectivity index (χ1v) is 6.20. The zero-order chi connectivity index (χ0) is 11.5. The molecule has 2 N–H and O–H groups in total. The first-order valence-electron chi connectivity index (χ1n) is 4.17. The number of nitrogens with one attached hydrogen (secondary N) is 2. The summed E-state index contributed by atoms with van der Waals surface area (Å²) in [6, 6.07) is 0. The summed E-state index contributed by atoms with van der Waals surface area (Å²) < 4.78 is 30.2. The molecule has 0 saturated carbocycles. The van der Waals surface area contributed by atoms with Crippen molar-refractivity contribution in [3.63, 3.8) is 0 Å². The van der Waals surface area contributed by atoms with Crippen LogP contribution >= 0.6 is 11.6 Å². The zero-order valence-corrected chi connectivity index (χ0v) is 9.89. The predicted molar refractivity (Wildman–Crippen MR) is 57.5 cm³/mol. The number of aromatic nitrogens is 2. The van der Waals surface area contributed by atoms with Crippen molar-refractivity contribution < 1.29 is 13.2 Å². The largest absolute Gasteiger partial charge is 0.381 e. The van der Waals surface area contributed by atoms with E-state index in [9.17, 15) is 8.42 Å². The summed E-state index contributed by atoms with van der Waals surface area (Å²) in [5.41, 5.74) is 0. The summed E-state index contributed by atoms with van der Waals surface area (Å²) >= 11 is 5.66. The minimum atomic E-state index is -3.47. The van der Waals surface area contributed by atoms with Gasteiger partial charge in [0.15, 0.2) is 5.82 Å². The summed E-state index contributed by atoms with van der Waals surface area (Å²) in [5, 5.41) is 6.26. The molecule has 0 aliphatic rings. The van der Waals surface area contributed by atoms with E-state index in [1.807, 2.05) is 0 Å². The Bertz CT molecular complexity index is 417. The van der Waals surface area contributed by atoms with Crippen LogP contribution in [-0.4, -0.2) is 37.6 Å². The van der Waals surface area contributed by atoms with Crippen molar-refractivity contribution in [2.75, 3.05) is 17.6 Å². The second-order valence-electron chi connectivity index (χ2n) is 3.02. The number of rotatable bonds is 5. The highest BCUT2D eigenvalue weighted by atomic mass is 35.5. The van der Waals surface area contributed by atoms with Gasteiger partial charge in [-0.2, -0.15) is 5.10 Å². The standard InChI is InChI=1S/C7H12ClN3O3S/c1-5(14-2)4-15(12,13)11-7-6(8)3-9-10-7/h3,5H,4H2,1-2H3,(H2,9,10,11). The molecule has 0 radical (unpaired) electrons. The molecular weight excluding hydrogens is 242 g/mol. The first-order chi connectivity index (χ1) is 6.94. The van der Waals surface area contributed by atoms with E-state index < -0.39 is 10.0 Å². The molecule has 0 amide bonds. The predicted octanol–water partition coefficient (Wildman–Crippen LogP) is 0.840. The van der Waals surface area contributed by atoms with Gasteiger partial charge in [-0.15, -0.1) is 0 Å². The number of nitrogens with zero attached hydrogens (tertiary/aromatic N) is 1. The lowest BCUT2D eigenvalue weighted by Gasteiger charge is -2.10. The van der Waals surface area contributed by atoms with Crippen molar-refractivity contribution in [2.45, 2.75) is 13.0 Å². The lowest BCUT2D eigenvalue weighted by Crippen LogP contribution is -2.25. The Labute approximate surface area is 93.0 Å². The van der Waals surface area contributed by atoms with Gasteiger partial charge in [-0.25, -0.2) is 8.42 Å². The van der Waals surface area contributed by atoms with Crippen LogP contribution in [0.3, 0.4) is 0 Å². The molecular formula is C7H12ClN3O3S. The Morgan fingerprint density at radius 1 is 1.73 bits per heavy atom. The average Bonchev–Trinajstić information content (AvgIpc) is 2.50. The molecule has 0 spiro atoms. The summed E-state index contributed by atoms with van der Waals surface area (Å²) in [5.74, 6) is 0.0266. The molecule has 0 fully saturated rings. The Kier molecular flexibility index (Phi) is 3.95. The van der Waals surface area contributed by atoms with E-state index in [2.05, 4.69) is 14.9 Å². The highest BCUT2D eigenvalue weighted by Crippen LogP contribution is 2.18. The third-order valence-corrected chi connectivity index (χ3v) is 3.42. The van der Waals surface area contributed by atoms with E-state index in [0.717, 1.165) is 0 Å². The second-order valence-corrected chi connectivity index (χ2v) is 5.20. The van der Waals surface area contributed by atoms with Gasteiger partial charge in [0.2, 0.25) is 10.0 Å². The zero-order valence-electron chi connectivity index (χ0n) is 8.32. The van der Waals surface area contributed by atoms with Crippen LogP contribution in [0.25, 0.3) is 0 Å². The molecule has 1 unspecified atom stereocenters. The Morgan fingerprint density at radius 3 is 2.87 bits per heavy atom. The molecule has 0 aromatic carbocycles. The van der Waals surface area contributed by atoms with Gasteiger partial charge in [0.05, 0.1) is 18.1 Å². The van der Waals surface area contributed by atoms with Crippen molar-refractivity contribution in [2.24, 2.45) is 0 Å². The Balaban J connectivity index is 2.69. The maximum absolute atomic E-state index is 11.5. The fourth-order valence-electron chi connectivity index (χ4n) is 0.917. The van der Waals surface area contributed by atoms with E-state index in [1.54, 1.807) is 6.92 Å². The molecule has 1 rings (SSSR count). The van der Waals surface area contributed by atoms with Gasteiger partial charge in [-0.3, -0.25) is 9.82 Å². The van der Waals surface area contributed by atoms with E-state index in [0.29, 0.717) is 0 Å². The van der Waals surface area contributed by atoms with Crippen molar-refractivity contribution in [3.05, 3.63) is 11.2 Å². The molecule has 8 heteroatoms. The van der Waals surface area contributed by atoms with E-state index >= 15 is 0 Å². The quantitative estimate of drug-likeness (QED) is 0.815. The van der Waals surface area contributed by atoms with Gasteiger partial charge in [0, 0.05) is 7.11 Å². The van der Waals surface area contributed by atoms with E-state index in [1.165, 1.54) is 13.3 Å². The van der Waals surface area contributed by atoms with Gasteiger partial charge in [-0.05, 0) is 6.92 Å². The molecule has 0 aliphatic carbocycles. The van der Waals surface area contributed by atoms with Crippen LogP contribution in [0.4, 0.5) is 5.82 Å². The number of ether oxygens (including phenoxy) is 1. The van der Waals surface area contributed by atoms with Crippen LogP contribution in [0.15, 0.2) is 6.20 Å². The summed E-state index contributed by atoms with van der Waals surface area (Å²) in [6.07, 6.45) is 0.934. The number of halogens is 1. The molecule has 0 aliphatic heterocycles. The van der Waals surface area contributed by atoms with Gasteiger partial charge in [0.1, 0.15) is 5.02 Å². The second kappa shape index (κ2) is 4.82. The molecule has 0 saturated heterocycles. The number of aromatic amines is 1. The Hall–Kier alpha value is -0.790. The molecule has 1 aromatic rings. The van der Waals surface area contributed by atoms with Crippen LogP contribution in [0.1, 0.15) is 6.92 Å². The number of H-pyrrole nitrogens is 1. The first kappa shape index (κ1) is 12.3. The maximum atomic E-state index is 11.5. The van der Waals surface area contributed by atoms with Gasteiger partial charge in [0.25, 0.3) is 0 Å². The molecule has 1 heterocycles. The van der Waals surface area contributed by atoms with Crippen molar-refractivity contribution >= 4 is 27.4 Å². The van der Waals surface area contributed by atoms with Gasteiger partial charge >= 0.3 is 0 Å². The highest BCUT2D eigenvalue weighted by Gasteiger charge is 2.17. The lowest BCUT2D eigenvalue weighted by molar-refractivity contribution is 0.136. The van der Waals surface area contributed by atoms with Crippen molar-refractivity contribution in [1.82, 2.24) is 10.2 Å². The molecule has 0 bridgehead atoms. The lowest BCUT2D eigenvalue weighted by atomic mass is 10.5. The fourth-order valence-corrected chi connectivity index (χ4v) is 2.42. The number of hydrogen-bond acceptors (Lipinski definition) is 4. The normalized spacial score (nSPS) is 13.8. The monoisotopic (exact) mass is 253 g/mol. The highest BCUT2D eigenvalue weighted by molar-refractivity contribution is 7.92. The average molecular weight is 254 g/mol. The number of methoxy groups -OCH3 is 1. The van der Waals surface area contributed by atoms with Crippen LogP contribution in [0, 0.1) is 0 Å². The Morgan fingerprint density at radius 2 is 2.40 bits per heavy atom. The summed E-state index contributed by atoms with van der Waals surface area (Å²) in [4.78, 5) is 0. The fraction of sp³-hybridized carbons (Fsp3) is 0.571. The maximum Gasteiger partial charge on any atom is 0.236 e. The molecule has 1 aromatic heterocycles. The van der Waals surface area contributed by atoms with Crippen molar-refractivity contribution in [3.8, 4) is 0 Å². The molecule has 15 heavy (non-hydrogen) atoms. The van der Waals surface area contributed by atoms with Gasteiger partial charge < -0.3 is 4.74 Å². The minimum Gasteiger partial charge on any atom is -0.381 e. The third kappa shape index (κ3) is 3.69. The molecule has 86 valence electrons. The van der Waals surface area contributed by atoms with Crippen LogP contribution in [0.5, 0.6) is 0 Å². The number of anilines is 1. The topological polar surface area (TPSA) is 84.1 Å². The van der Waals surface area contributed by atoms with E-state index in [4.69, 9.17) is 16.3 Å². The molecule has 6 nitrogen and oxygen atoms in total. The minimum absolute atomic E-state index is 0.140. The third-order valence-electron chi connectivity index (χ3n) is 1.71. The van der Waals surface area contributed by atoms with E-state index in [-0.39, 0.29) is 22.7 Å². The van der Waals surface area contributed by atoms with Crippen molar-refractivity contribution in [1.29, 1.82) is 0 Å². The van der Waals surface area contributed by atoms with Crippen LogP contribution in [-0.2, 0) is 14.8 Å².